The first-order chi connectivity index (χ1) is 15.7. The molecule has 0 atom stereocenters. The van der Waals surface area contributed by atoms with Crippen LogP contribution < -0.4 is 14.8 Å². The molecule has 0 saturated carbocycles. The fourth-order valence-electron chi connectivity index (χ4n) is 3.15. The highest BCUT2D eigenvalue weighted by atomic mass is 32.1. The van der Waals surface area contributed by atoms with Crippen molar-refractivity contribution in [3.8, 4) is 33.3 Å². The van der Waals surface area contributed by atoms with Gasteiger partial charge >= 0.3 is 0 Å². The van der Waals surface area contributed by atoms with Crippen LogP contribution in [0.25, 0.3) is 27.9 Å². The van der Waals surface area contributed by atoms with Gasteiger partial charge < -0.3 is 14.8 Å². The highest BCUT2D eigenvalue weighted by molar-refractivity contribution is 7.13. The molecule has 0 fully saturated rings. The molecule has 0 aliphatic rings. The van der Waals surface area contributed by atoms with E-state index in [9.17, 15) is 4.79 Å². The van der Waals surface area contributed by atoms with Crippen molar-refractivity contribution in [3.63, 3.8) is 0 Å². The van der Waals surface area contributed by atoms with Gasteiger partial charge in [0.05, 0.1) is 19.9 Å². The summed E-state index contributed by atoms with van der Waals surface area (Å²) in [5, 5.41) is 5.90. The minimum absolute atomic E-state index is 0.226. The van der Waals surface area contributed by atoms with E-state index < -0.39 is 0 Å². The number of hydrogen-bond acceptors (Lipinski definition) is 5. The zero-order valence-electron chi connectivity index (χ0n) is 17.7. The van der Waals surface area contributed by atoms with Gasteiger partial charge in [0.1, 0.15) is 16.5 Å². The second kappa shape index (κ2) is 9.94. The minimum Gasteiger partial charge on any atom is -0.497 e. The van der Waals surface area contributed by atoms with Crippen molar-refractivity contribution >= 4 is 29.0 Å². The molecule has 0 aliphatic carbocycles. The molecule has 32 heavy (non-hydrogen) atoms. The molecule has 0 bridgehead atoms. The average Bonchev–Trinajstić information content (AvgIpc) is 3.34. The van der Waals surface area contributed by atoms with Crippen LogP contribution in [0.15, 0.2) is 84.3 Å². The molecule has 0 saturated heterocycles. The molecule has 1 heterocycles. The average molecular weight is 443 g/mol. The molecule has 1 amide bonds. The lowest BCUT2D eigenvalue weighted by atomic mass is 10.1. The van der Waals surface area contributed by atoms with Gasteiger partial charge in [-0.2, -0.15) is 0 Å². The van der Waals surface area contributed by atoms with Gasteiger partial charge in [-0.25, -0.2) is 4.98 Å². The summed E-state index contributed by atoms with van der Waals surface area (Å²) in [4.78, 5) is 17.1. The maximum absolute atomic E-state index is 12.3. The van der Waals surface area contributed by atoms with Crippen LogP contribution >= 0.6 is 11.3 Å². The van der Waals surface area contributed by atoms with Crippen LogP contribution in [-0.2, 0) is 4.79 Å². The molecule has 4 aromatic rings. The van der Waals surface area contributed by atoms with Crippen LogP contribution in [0.1, 0.15) is 5.56 Å². The molecular formula is C26H22N2O3S. The number of carbonyl (C=O) groups excluding carboxylic acids is 1. The SMILES string of the molecule is COc1ccc(/C=C/C(=O)Nc2ccc(-c3csc(-c4ccccc4)n3)cc2)c(OC)c1. The minimum atomic E-state index is -0.226. The van der Waals surface area contributed by atoms with Crippen LogP contribution in [-0.4, -0.2) is 25.1 Å². The maximum atomic E-state index is 12.3. The molecule has 0 aliphatic heterocycles. The van der Waals surface area contributed by atoms with Crippen molar-refractivity contribution in [2.45, 2.75) is 0 Å². The third kappa shape index (κ3) is 5.04. The van der Waals surface area contributed by atoms with E-state index in [2.05, 4.69) is 17.4 Å². The topological polar surface area (TPSA) is 60.5 Å². The maximum Gasteiger partial charge on any atom is 0.248 e. The number of methoxy groups -OCH3 is 2. The second-order valence-electron chi connectivity index (χ2n) is 6.91. The summed E-state index contributed by atoms with van der Waals surface area (Å²) in [6.45, 7) is 0. The van der Waals surface area contributed by atoms with E-state index in [4.69, 9.17) is 14.5 Å². The Hall–Kier alpha value is -3.90. The van der Waals surface area contributed by atoms with Gasteiger partial charge in [-0.05, 0) is 30.3 Å². The van der Waals surface area contributed by atoms with Gasteiger partial charge in [-0.15, -0.1) is 11.3 Å². The highest BCUT2D eigenvalue weighted by Crippen LogP contribution is 2.29. The monoisotopic (exact) mass is 442 g/mol. The Morgan fingerprint density at radius 2 is 1.72 bits per heavy atom. The van der Waals surface area contributed by atoms with Crippen LogP contribution in [0.4, 0.5) is 5.69 Å². The number of carbonyl (C=O) groups is 1. The summed E-state index contributed by atoms with van der Waals surface area (Å²) in [5.41, 5.74) is 4.52. The molecule has 4 rings (SSSR count). The number of benzene rings is 3. The Bertz CT molecular complexity index is 1230. The Kier molecular flexibility index (Phi) is 6.63. The van der Waals surface area contributed by atoms with Gasteiger partial charge in [-0.1, -0.05) is 42.5 Å². The molecule has 1 N–H and O–H groups in total. The number of rotatable bonds is 7. The van der Waals surface area contributed by atoms with Crippen molar-refractivity contribution < 1.29 is 14.3 Å². The lowest BCUT2D eigenvalue weighted by Crippen LogP contribution is -2.07. The quantitative estimate of drug-likeness (QED) is 0.349. The smallest absolute Gasteiger partial charge is 0.248 e. The van der Waals surface area contributed by atoms with E-state index in [-0.39, 0.29) is 5.91 Å². The molecule has 0 spiro atoms. The fourth-order valence-corrected chi connectivity index (χ4v) is 3.98. The number of hydrogen-bond donors (Lipinski definition) is 1. The predicted octanol–water partition coefficient (Wildman–Crippen LogP) is 6.15. The fraction of sp³-hybridized carbons (Fsp3) is 0.0769. The van der Waals surface area contributed by atoms with Crippen molar-refractivity contribution in [3.05, 3.63) is 89.8 Å². The Morgan fingerprint density at radius 1 is 0.938 bits per heavy atom. The van der Waals surface area contributed by atoms with E-state index in [1.165, 1.54) is 6.08 Å². The zero-order chi connectivity index (χ0) is 22.3. The summed E-state index contributed by atoms with van der Waals surface area (Å²) >= 11 is 1.61. The number of amides is 1. The third-order valence-corrected chi connectivity index (χ3v) is 5.72. The first-order valence-corrected chi connectivity index (χ1v) is 10.9. The normalized spacial score (nSPS) is 10.8. The van der Waals surface area contributed by atoms with Crippen LogP contribution in [0, 0.1) is 0 Å². The third-order valence-electron chi connectivity index (χ3n) is 4.83. The van der Waals surface area contributed by atoms with Crippen molar-refractivity contribution in [1.29, 1.82) is 0 Å². The molecule has 1 aromatic heterocycles. The number of nitrogens with one attached hydrogen (secondary N) is 1. The Morgan fingerprint density at radius 3 is 2.44 bits per heavy atom. The van der Waals surface area contributed by atoms with E-state index >= 15 is 0 Å². The lowest BCUT2D eigenvalue weighted by Gasteiger charge is -2.07. The summed E-state index contributed by atoms with van der Waals surface area (Å²) in [5.74, 6) is 1.10. The first-order valence-electron chi connectivity index (χ1n) is 9.99. The van der Waals surface area contributed by atoms with E-state index in [1.54, 1.807) is 37.7 Å². The summed E-state index contributed by atoms with van der Waals surface area (Å²) in [7, 11) is 3.18. The summed E-state index contributed by atoms with van der Waals surface area (Å²) in [6.07, 6.45) is 3.19. The van der Waals surface area contributed by atoms with Crippen molar-refractivity contribution in [2.24, 2.45) is 0 Å². The van der Waals surface area contributed by atoms with Gasteiger partial charge in [0.25, 0.3) is 0 Å². The van der Waals surface area contributed by atoms with Gasteiger partial charge in [0, 0.05) is 39.9 Å². The number of aromatic nitrogens is 1. The lowest BCUT2D eigenvalue weighted by molar-refractivity contribution is -0.111. The van der Waals surface area contributed by atoms with Crippen LogP contribution in [0.3, 0.4) is 0 Å². The van der Waals surface area contributed by atoms with Crippen LogP contribution in [0.2, 0.25) is 0 Å². The summed E-state index contributed by atoms with van der Waals surface area (Å²) < 4.78 is 10.5. The van der Waals surface area contributed by atoms with Gasteiger partial charge in [0.15, 0.2) is 0 Å². The first kappa shape index (κ1) is 21.3. The van der Waals surface area contributed by atoms with Crippen molar-refractivity contribution in [2.75, 3.05) is 19.5 Å². The number of ether oxygens (including phenoxy) is 2. The Balaban J connectivity index is 1.41. The molecule has 160 valence electrons. The number of thiazole rings is 1. The van der Waals surface area contributed by atoms with Crippen molar-refractivity contribution in [1.82, 2.24) is 4.98 Å². The molecule has 3 aromatic carbocycles. The van der Waals surface area contributed by atoms with Gasteiger partial charge in [-0.3, -0.25) is 4.79 Å². The van der Waals surface area contributed by atoms with E-state index in [0.717, 1.165) is 27.4 Å². The van der Waals surface area contributed by atoms with E-state index in [0.29, 0.717) is 17.2 Å². The number of anilines is 1. The largest absolute Gasteiger partial charge is 0.497 e. The summed E-state index contributed by atoms with van der Waals surface area (Å²) in [6, 6.07) is 23.2. The number of nitrogens with zero attached hydrogens (tertiary/aromatic N) is 1. The molecular weight excluding hydrogens is 420 g/mol. The second-order valence-corrected chi connectivity index (χ2v) is 7.77. The molecule has 5 nitrogen and oxygen atoms in total. The molecule has 0 unspecified atom stereocenters. The van der Waals surface area contributed by atoms with Gasteiger partial charge in [0.2, 0.25) is 5.91 Å². The van der Waals surface area contributed by atoms with Crippen LogP contribution in [0.5, 0.6) is 11.5 Å². The molecule has 6 heteroatoms. The van der Waals surface area contributed by atoms with E-state index in [1.807, 2.05) is 60.0 Å². The molecule has 0 radical (unpaired) electrons. The standard InChI is InChI=1S/C26H22N2O3S/c1-30-22-14-10-19(24(16-22)31-2)11-15-25(29)27-21-12-8-18(9-13-21)23-17-32-26(28-23)20-6-4-3-5-7-20/h3-17H,1-2H3,(H,27,29)/b15-11+. The Labute approximate surface area is 191 Å². The zero-order valence-corrected chi connectivity index (χ0v) is 18.6. The predicted molar refractivity (Wildman–Crippen MR) is 130 cm³/mol. The highest BCUT2D eigenvalue weighted by Gasteiger charge is 2.07.